The summed E-state index contributed by atoms with van der Waals surface area (Å²) < 4.78 is 37.5. The Bertz CT molecular complexity index is 297. The second kappa shape index (κ2) is 4.16. The lowest BCUT2D eigenvalue weighted by molar-refractivity contribution is -0.141. The maximum atomic E-state index is 12.0. The van der Waals surface area contributed by atoms with E-state index in [0.717, 1.165) is 0 Å². The summed E-state index contributed by atoms with van der Waals surface area (Å²) in [5.41, 5.74) is 0. The predicted molar refractivity (Wildman–Crippen MR) is 45.0 cm³/mol. The molecule has 7 heteroatoms. The highest BCUT2D eigenvalue weighted by Gasteiger charge is 2.31. The van der Waals surface area contributed by atoms with Crippen LogP contribution in [0.25, 0.3) is 0 Å². The Labute approximate surface area is 83.9 Å². The molecule has 0 spiro atoms. The highest BCUT2D eigenvalue weighted by Crippen LogP contribution is 2.27. The summed E-state index contributed by atoms with van der Waals surface area (Å²) in [4.78, 5) is 0. The SMILES string of the molecule is CC(CC(F)(F)F)n1cnnc1CCl. The maximum absolute atomic E-state index is 12.0. The van der Waals surface area contributed by atoms with Crippen LogP contribution in [0.1, 0.15) is 25.2 Å². The molecule has 1 aromatic heterocycles. The molecule has 0 radical (unpaired) electrons. The Morgan fingerprint density at radius 2 is 2.21 bits per heavy atom. The number of hydrogen-bond donors (Lipinski definition) is 0. The van der Waals surface area contributed by atoms with Crippen LogP contribution in [-0.2, 0) is 5.88 Å². The molecule has 1 unspecified atom stereocenters. The third-order valence-electron chi connectivity index (χ3n) is 1.77. The quantitative estimate of drug-likeness (QED) is 0.743. The van der Waals surface area contributed by atoms with E-state index in [1.165, 1.54) is 17.8 Å². The van der Waals surface area contributed by atoms with Crippen molar-refractivity contribution >= 4 is 11.6 Å². The zero-order chi connectivity index (χ0) is 10.8. The normalized spacial score (nSPS) is 14.4. The molecule has 1 rings (SSSR count). The third kappa shape index (κ3) is 2.87. The predicted octanol–water partition coefficient (Wildman–Crippen LogP) is 2.53. The van der Waals surface area contributed by atoms with Crippen LogP contribution >= 0.6 is 11.6 Å². The molecule has 0 saturated heterocycles. The summed E-state index contributed by atoms with van der Waals surface area (Å²) in [6.45, 7) is 1.45. The molecule has 0 aromatic carbocycles. The summed E-state index contributed by atoms with van der Waals surface area (Å²) in [5.74, 6) is 0.408. The van der Waals surface area contributed by atoms with Crippen LogP contribution in [0.15, 0.2) is 6.33 Å². The lowest BCUT2D eigenvalue weighted by atomic mass is 10.2. The van der Waals surface area contributed by atoms with E-state index in [0.29, 0.717) is 5.82 Å². The van der Waals surface area contributed by atoms with E-state index in [1.807, 2.05) is 0 Å². The molecule has 3 nitrogen and oxygen atoms in total. The van der Waals surface area contributed by atoms with E-state index in [-0.39, 0.29) is 5.88 Å². The van der Waals surface area contributed by atoms with Crippen LogP contribution in [-0.4, -0.2) is 20.9 Å². The standard InChI is InChI=1S/C7H9ClF3N3/c1-5(2-7(9,10)11)14-4-12-13-6(14)3-8/h4-5H,2-3H2,1H3. The van der Waals surface area contributed by atoms with Crippen LogP contribution in [0, 0.1) is 0 Å². The fourth-order valence-electron chi connectivity index (χ4n) is 1.16. The lowest BCUT2D eigenvalue weighted by Crippen LogP contribution is -2.17. The minimum Gasteiger partial charge on any atom is -0.313 e. The van der Waals surface area contributed by atoms with Gasteiger partial charge in [-0.2, -0.15) is 13.2 Å². The van der Waals surface area contributed by atoms with Crippen molar-refractivity contribution in [1.29, 1.82) is 0 Å². The van der Waals surface area contributed by atoms with Crippen molar-refractivity contribution in [1.82, 2.24) is 14.8 Å². The van der Waals surface area contributed by atoms with Gasteiger partial charge in [0.25, 0.3) is 0 Å². The highest BCUT2D eigenvalue weighted by molar-refractivity contribution is 6.16. The van der Waals surface area contributed by atoms with Crippen LogP contribution in [0.4, 0.5) is 13.2 Å². The van der Waals surface area contributed by atoms with Gasteiger partial charge in [0.05, 0.1) is 12.3 Å². The average Bonchev–Trinajstić information content (AvgIpc) is 2.47. The van der Waals surface area contributed by atoms with Gasteiger partial charge in [-0.15, -0.1) is 21.8 Å². The molecule has 0 aliphatic carbocycles. The molecule has 1 aromatic rings. The van der Waals surface area contributed by atoms with E-state index in [9.17, 15) is 13.2 Å². The monoisotopic (exact) mass is 227 g/mol. The zero-order valence-electron chi connectivity index (χ0n) is 7.42. The fourth-order valence-corrected chi connectivity index (χ4v) is 1.36. The minimum absolute atomic E-state index is 0.0577. The first-order valence-electron chi connectivity index (χ1n) is 3.95. The smallest absolute Gasteiger partial charge is 0.313 e. The molecule has 0 amide bonds. The second-order valence-electron chi connectivity index (χ2n) is 2.96. The summed E-state index contributed by atoms with van der Waals surface area (Å²) in [6, 6.07) is -0.723. The van der Waals surface area contributed by atoms with Gasteiger partial charge in [0, 0.05) is 6.04 Å². The molecule has 0 aliphatic heterocycles. The Morgan fingerprint density at radius 1 is 1.57 bits per heavy atom. The topological polar surface area (TPSA) is 30.7 Å². The van der Waals surface area contributed by atoms with E-state index >= 15 is 0 Å². The fraction of sp³-hybridized carbons (Fsp3) is 0.714. The van der Waals surface area contributed by atoms with E-state index in [4.69, 9.17) is 11.6 Å². The summed E-state index contributed by atoms with van der Waals surface area (Å²) >= 11 is 5.48. The Balaban J connectivity index is 2.74. The Morgan fingerprint density at radius 3 is 2.71 bits per heavy atom. The molecule has 0 saturated carbocycles. The van der Waals surface area contributed by atoms with Gasteiger partial charge in [0.1, 0.15) is 12.2 Å². The van der Waals surface area contributed by atoms with Crippen LogP contribution in [0.5, 0.6) is 0 Å². The van der Waals surface area contributed by atoms with Gasteiger partial charge in [-0.25, -0.2) is 0 Å². The number of alkyl halides is 4. The number of hydrogen-bond acceptors (Lipinski definition) is 2. The van der Waals surface area contributed by atoms with Crippen molar-refractivity contribution in [2.45, 2.75) is 31.4 Å². The maximum Gasteiger partial charge on any atom is 0.391 e. The second-order valence-corrected chi connectivity index (χ2v) is 3.22. The largest absolute Gasteiger partial charge is 0.391 e. The van der Waals surface area contributed by atoms with Crippen LogP contribution in [0.3, 0.4) is 0 Å². The summed E-state index contributed by atoms with van der Waals surface area (Å²) in [5, 5.41) is 7.10. The molecule has 80 valence electrons. The first kappa shape index (κ1) is 11.3. The number of nitrogens with zero attached hydrogens (tertiary/aromatic N) is 3. The molecule has 0 N–H and O–H groups in total. The van der Waals surface area contributed by atoms with Gasteiger partial charge in [0.2, 0.25) is 0 Å². The molecule has 0 aliphatic rings. The van der Waals surface area contributed by atoms with Gasteiger partial charge in [-0.1, -0.05) is 0 Å². The first-order chi connectivity index (χ1) is 6.44. The van der Waals surface area contributed by atoms with E-state index in [1.54, 1.807) is 0 Å². The molecular formula is C7H9ClF3N3. The van der Waals surface area contributed by atoms with Gasteiger partial charge in [-0.05, 0) is 6.92 Å². The summed E-state index contributed by atoms with van der Waals surface area (Å²) in [7, 11) is 0. The number of halogens is 4. The van der Waals surface area contributed by atoms with E-state index in [2.05, 4.69) is 10.2 Å². The van der Waals surface area contributed by atoms with Gasteiger partial charge in [0.15, 0.2) is 0 Å². The highest BCUT2D eigenvalue weighted by atomic mass is 35.5. The van der Waals surface area contributed by atoms with Crippen LogP contribution in [0.2, 0.25) is 0 Å². The minimum atomic E-state index is -4.19. The van der Waals surface area contributed by atoms with Crippen molar-refractivity contribution in [3.8, 4) is 0 Å². The Kier molecular flexibility index (Phi) is 3.36. The third-order valence-corrected chi connectivity index (χ3v) is 2.01. The molecule has 0 bridgehead atoms. The van der Waals surface area contributed by atoms with Crippen molar-refractivity contribution in [2.75, 3.05) is 0 Å². The van der Waals surface area contributed by atoms with Crippen molar-refractivity contribution < 1.29 is 13.2 Å². The number of aromatic nitrogens is 3. The van der Waals surface area contributed by atoms with Gasteiger partial charge < -0.3 is 4.57 Å². The molecule has 1 atom stereocenters. The van der Waals surface area contributed by atoms with Crippen molar-refractivity contribution in [3.05, 3.63) is 12.2 Å². The van der Waals surface area contributed by atoms with Crippen molar-refractivity contribution in [2.24, 2.45) is 0 Å². The summed E-state index contributed by atoms with van der Waals surface area (Å²) in [6.07, 6.45) is -3.84. The van der Waals surface area contributed by atoms with Crippen LogP contribution < -0.4 is 0 Å². The van der Waals surface area contributed by atoms with E-state index < -0.39 is 18.6 Å². The lowest BCUT2D eigenvalue weighted by Gasteiger charge is -2.16. The molecule has 14 heavy (non-hydrogen) atoms. The van der Waals surface area contributed by atoms with Crippen molar-refractivity contribution in [3.63, 3.8) is 0 Å². The van der Waals surface area contributed by atoms with Gasteiger partial charge in [-0.3, -0.25) is 0 Å². The Hall–Kier alpha value is -0.780. The molecular weight excluding hydrogens is 219 g/mol. The average molecular weight is 228 g/mol. The molecule has 0 fully saturated rings. The first-order valence-corrected chi connectivity index (χ1v) is 4.48. The zero-order valence-corrected chi connectivity index (χ0v) is 8.18. The van der Waals surface area contributed by atoms with Gasteiger partial charge >= 0.3 is 6.18 Å². The molecule has 1 heterocycles. The number of rotatable bonds is 3.